The molecule has 0 saturated heterocycles. The maximum absolute atomic E-state index is 11.0. The van der Waals surface area contributed by atoms with E-state index in [4.69, 9.17) is 0 Å². The van der Waals surface area contributed by atoms with Crippen LogP contribution in [0.5, 0.6) is 0 Å². The van der Waals surface area contributed by atoms with Gasteiger partial charge in [0.2, 0.25) is 0 Å². The third-order valence-corrected chi connectivity index (χ3v) is 4.26. The summed E-state index contributed by atoms with van der Waals surface area (Å²) in [5, 5.41) is 21.7. The van der Waals surface area contributed by atoms with E-state index >= 15 is 0 Å². The van der Waals surface area contributed by atoms with Gasteiger partial charge in [0, 0.05) is 18.4 Å². The lowest BCUT2D eigenvalue weighted by Gasteiger charge is -2.06. The van der Waals surface area contributed by atoms with Gasteiger partial charge in [0.1, 0.15) is 11.2 Å². The summed E-state index contributed by atoms with van der Waals surface area (Å²) in [5.41, 5.74) is 3.22. The molecule has 0 aliphatic heterocycles. The predicted molar refractivity (Wildman–Crippen MR) is 76.7 cm³/mol. The smallest absolute Gasteiger partial charge is 0.292 e. The molecule has 1 aromatic heterocycles. The van der Waals surface area contributed by atoms with E-state index in [0.717, 1.165) is 9.90 Å². The number of nitrogens with one attached hydrogen (secondary N) is 1. The molecular weight excluding hydrogens is 284 g/mol. The van der Waals surface area contributed by atoms with Crippen LogP contribution in [0, 0.1) is 10.1 Å². The lowest BCUT2D eigenvalue weighted by Crippen LogP contribution is -2.01. The van der Waals surface area contributed by atoms with Gasteiger partial charge in [0.25, 0.3) is 5.69 Å². The van der Waals surface area contributed by atoms with Crippen molar-refractivity contribution < 1.29 is 4.92 Å². The van der Waals surface area contributed by atoms with Gasteiger partial charge in [0.05, 0.1) is 4.92 Å². The van der Waals surface area contributed by atoms with Crippen molar-refractivity contribution in [2.24, 2.45) is 0 Å². The fourth-order valence-electron chi connectivity index (χ4n) is 1.53. The molecule has 0 aliphatic rings. The summed E-state index contributed by atoms with van der Waals surface area (Å²) in [6, 6.07) is 5.24. The highest BCUT2D eigenvalue weighted by Gasteiger charge is 2.14. The van der Waals surface area contributed by atoms with Gasteiger partial charge in [-0.2, -0.15) is 0 Å². The standard InChI is InChI=1S/C11H12N4O2S2/c1-2-12-9-4-3-8(5-10(9)15(16)17)6-18-11-14-13-7-19-11/h3-5,7,12H,2,6H2,1H3. The van der Waals surface area contributed by atoms with Crippen molar-refractivity contribution in [1.82, 2.24) is 10.2 Å². The fraction of sp³-hybridized carbons (Fsp3) is 0.273. The first-order valence-electron chi connectivity index (χ1n) is 5.61. The fourth-order valence-corrected chi connectivity index (χ4v) is 2.96. The Morgan fingerprint density at radius 3 is 3.00 bits per heavy atom. The van der Waals surface area contributed by atoms with Crippen LogP contribution in [0.4, 0.5) is 11.4 Å². The summed E-state index contributed by atoms with van der Waals surface area (Å²) in [6.07, 6.45) is 0. The van der Waals surface area contributed by atoms with Crippen LogP contribution in [0.2, 0.25) is 0 Å². The zero-order valence-corrected chi connectivity index (χ0v) is 11.8. The van der Waals surface area contributed by atoms with E-state index in [-0.39, 0.29) is 10.6 Å². The van der Waals surface area contributed by atoms with E-state index in [2.05, 4.69) is 15.5 Å². The number of nitro benzene ring substituents is 1. The van der Waals surface area contributed by atoms with Crippen molar-refractivity contribution in [3.05, 3.63) is 39.4 Å². The van der Waals surface area contributed by atoms with E-state index < -0.39 is 0 Å². The van der Waals surface area contributed by atoms with Crippen LogP contribution in [-0.4, -0.2) is 21.7 Å². The lowest BCUT2D eigenvalue weighted by atomic mass is 10.2. The third kappa shape index (κ3) is 3.65. The first-order chi connectivity index (χ1) is 9.20. The molecule has 0 bridgehead atoms. The van der Waals surface area contributed by atoms with Gasteiger partial charge < -0.3 is 5.32 Å². The maximum Gasteiger partial charge on any atom is 0.292 e. The molecule has 0 radical (unpaired) electrons. The van der Waals surface area contributed by atoms with E-state index in [1.165, 1.54) is 23.1 Å². The van der Waals surface area contributed by atoms with Crippen LogP contribution in [-0.2, 0) is 5.75 Å². The molecule has 1 N–H and O–H groups in total. The molecule has 0 saturated carbocycles. The van der Waals surface area contributed by atoms with Gasteiger partial charge in [-0.1, -0.05) is 29.2 Å². The molecule has 2 aromatic rings. The Labute approximate surface area is 118 Å². The van der Waals surface area contributed by atoms with E-state index in [9.17, 15) is 10.1 Å². The number of aromatic nitrogens is 2. The number of hydrogen-bond acceptors (Lipinski definition) is 7. The van der Waals surface area contributed by atoms with Crippen molar-refractivity contribution in [3.8, 4) is 0 Å². The van der Waals surface area contributed by atoms with Crippen LogP contribution < -0.4 is 5.32 Å². The molecule has 6 nitrogen and oxygen atoms in total. The predicted octanol–water partition coefficient (Wildman–Crippen LogP) is 3.17. The van der Waals surface area contributed by atoms with Gasteiger partial charge in [-0.15, -0.1) is 10.2 Å². The molecule has 1 heterocycles. The Morgan fingerprint density at radius 2 is 2.37 bits per heavy atom. The zero-order valence-electron chi connectivity index (χ0n) is 10.2. The Hall–Kier alpha value is -1.67. The molecule has 0 atom stereocenters. The monoisotopic (exact) mass is 296 g/mol. The number of nitrogens with zero attached hydrogens (tertiary/aromatic N) is 3. The van der Waals surface area contributed by atoms with Gasteiger partial charge >= 0.3 is 0 Å². The van der Waals surface area contributed by atoms with Gasteiger partial charge in [0.15, 0.2) is 4.34 Å². The average molecular weight is 296 g/mol. The maximum atomic E-state index is 11.0. The third-order valence-electron chi connectivity index (χ3n) is 2.33. The number of benzene rings is 1. The summed E-state index contributed by atoms with van der Waals surface area (Å²) in [6.45, 7) is 2.56. The van der Waals surface area contributed by atoms with Gasteiger partial charge in [-0.25, -0.2) is 0 Å². The van der Waals surface area contributed by atoms with E-state index in [1.807, 2.05) is 13.0 Å². The highest BCUT2D eigenvalue weighted by Crippen LogP contribution is 2.29. The SMILES string of the molecule is CCNc1ccc(CSc2nncs2)cc1[N+](=O)[O-]. The minimum atomic E-state index is -0.364. The molecule has 100 valence electrons. The van der Waals surface area contributed by atoms with E-state index in [1.54, 1.807) is 17.6 Å². The number of hydrogen-bond donors (Lipinski definition) is 1. The van der Waals surface area contributed by atoms with Crippen molar-refractivity contribution in [2.45, 2.75) is 17.0 Å². The molecule has 2 rings (SSSR count). The van der Waals surface area contributed by atoms with Crippen molar-refractivity contribution in [2.75, 3.05) is 11.9 Å². The second-order valence-electron chi connectivity index (χ2n) is 3.63. The summed E-state index contributed by atoms with van der Waals surface area (Å²) in [4.78, 5) is 10.7. The summed E-state index contributed by atoms with van der Waals surface area (Å²) < 4.78 is 0.860. The largest absolute Gasteiger partial charge is 0.380 e. The Balaban J connectivity index is 2.13. The first kappa shape index (κ1) is 13.8. The molecule has 0 aliphatic carbocycles. The molecular formula is C11H12N4O2S2. The average Bonchev–Trinajstić information content (AvgIpc) is 2.91. The lowest BCUT2D eigenvalue weighted by molar-refractivity contribution is -0.384. The first-order valence-corrected chi connectivity index (χ1v) is 7.47. The van der Waals surface area contributed by atoms with Gasteiger partial charge in [-0.05, 0) is 18.6 Å². The summed E-state index contributed by atoms with van der Waals surface area (Å²) >= 11 is 2.98. The van der Waals surface area contributed by atoms with Crippen LogP contribution in [0.25, 0.3) is 0 Å². The second kappa shape index (κ2) is 6.48. The number of thioether (sulfide) groups is 1. The zero-order chi connectivity index (χ0) is 13.7. The molecule has 8 heteroatoms. The Bertz CT molecular complexity index is 560. The Morgan fingerprint density at radius 1 is 1.53 bits per heavy atom. The minimum Gasteiger partial charge on any atom is -0.380 e. The highest BCUT2D eigenvalue weighted by atomic mass is 32.2. The molecule has 1 aromatic carbocycles. The van der Waals surface area contributed by atoms with Crippen LogP contribution in [0.3, 0.4) is 0 Å². The number of nitro groups is 1. The quantitative estimate of drug-likeness (QED) is 0.501. The summed E-state index contributed by atoms with van der Waals surface area (Å²) in [5.74, 6) is 0.641. The van der Waals surface area contributed by atoms with Crippen molar-refractivity contribution in [1.29, 1.82) is 0 Å². The Kier molecular flexibility index (Phi) is 4.69. The van der Waals surface area contributed by atoms with E-state index in [0.29, 0.717) is 18.0 Å². The van der Waals surface area contributed by atoms with Crippen molar-refractivity contribution in [3.63, 3.8) is 0 Å². The topological polar surface area (TPSA) is 81.0 Å². The second-order valence-corrected chi connectivity index (χ2v) is 5.69. The molecule has 0 amide bonds. The van der Waals surface area contributed by atoms with Gasteiger partial charge in [-0.3, -0.25) is 10.1 Å². The molecule has 19 heavy (non-hydrogen) atoms. The minimum absolute atomic E-state index is 0.109. The van der Waals surface area contributed by atoms with Crippen LogP contribution in [0.15, 0.2) is 28.0 Å². The van der Waals surface area contributed by atoms with Crippen LogP contribution in [0.1, 0.15) is 12.5 Å². The number of rotatable bonds is 6. The number of anilines is 1. The molecule has 0 spiro atoms. The highest BCUT2D eigenvalue weighted by molar-refractivity contribution is 8.00. The molecule has 0 fully saturated rings. The van der Waals surface area contributed by atoms with Crippen LogP contribution >= 0.6 is 23.1 Å². The van der Waals surface area contributed by atoms with Crippen molar-refractivity contribution >= 4 is 34.5 Å². The molecule has 0 unspecified atom stereocenters. The summed E-state index contributed by atoms with van der Waals surface area (Å²) in [7, 11) is 0. The normalized spacial score (nSPS) is 10.4.